The van der Waals surface area contributed by atoms with Crippen LogP contribution in [0.25, 0.3) is 0 Å². The Hall–Kier alpha value is -0.700. The fraction of sp³-hybridized carbons (Fsp3) is 0.556. The highest BCUT2D eigenvalue weighted by molar-refractivity contribution is 7.09. The lowest BCUT2D eigenvalue weighted by atomic mass is 9.83. The molecule has 1 fully saturated rings. The number of rotatable bonds is 3. The average molecular weight is 181 g/mol. The van der Waals surface area contributed by atoms with Gasteiger partial charge in [-0.05, 0) is 12.8 Å². The lowest BCUT2D eigenvalue weighted by molar-refractivity contribution is -0.107. The molecule has 0 unspecified atom stereocenters. The third-order valence-corrected chi connectivity index (χ3v) is 3.24. The third kappa shape index (κ3) is 1.41. The smallest absolute Gasteiger partial charge is 0.126 e. The van der Waals surface area contributed by atoms with Crippen molar-refractivity contribution in [2.24, 2.45) is 0 Å². The number of aldehydes is 1. The summed E-state index contributed by atoms with van der Waals surface area (Å²) in [4.78, 5) is 14.6. The number of hydrogen-bond donors (Lipinski definition) is 0. The highest BCUT2D eigenvalue weighted by atomic mass is 32.1. The second-order valence-corrected chi connectivity index (χ2v) is 4.11. The molecule has 64 valence electrons. The highest BCUT2D eigenvalue weighted by Crippen LogP contribution is 2.36. The Morgan fingerprint density at radius 2 is 2.50 bits per heavy atom. The molecule has 1 aromatic heterocycles. The number of carbonyl (C=O) groups is 1. The fourth-order valence-corrected chi connectivity index (χ4v) is 2.21. The minimum atomic E-state index is 0.484. The van der Waals surface area contributed by atoms with Gasteiger partial charge in [0.05, 0.1) is 17.1 Å². The van der Waals surface area contributed by atoms with E-state index < -0.39 is 0 Å². The van der Waals surface area contributed by atoms with E-state index in [-0.39, 0.29) is 0 Å². The summed E-state index contributed by atoms with van der Waals surface area (Å²) in [5, 5.41) is 3.06. The predicted octanol–water partition coefficient (Wildman–Crippen LogP) is 2.15. The summed E-state index contributed by atoms with van der Waals surface area (Å²) in [5.74, 6) is 0.696. The minimum Gasteiger partial charge on any atom is -0.303 e. The molecule has 1 aliphatic rings. The number of thiazole rings is 1. The molecule has 0 spiro atoms. The Balaban J connectivity index is 2.07. The van der Waals surface area contributed by atoms with Crippen LogP contribution in [0.4, 0.5) is 0 Å². The summed E-state index contributed by atoms with van der Waals surface area (Å²) >= 11 is 1.61. The molecule has 1 saturated carbocycles. The van der Waals surface area contributed by atoms with Crippen molar-refractivity contribution in [1.29, 1.82) is 0 Å². The van der Waals surface area contributed by atoms with E-state index in [0.717, 1.165) is 11.3 Å². The van der Waals surface area contributed by atoms with Gasteiger partial charge < -0.3 is 4.79 Å². The summed E-state index contributed by atoms with van der Waals surface area (Å²) in [7, 11) is 0. The van der Waals surface area contributed by atoms with Gasteiger partial charge in [0.1, 0.15) is 6.29 Å². The molecule has 0 radical (unpaired) electrons. The average Bonchev–Trinajstić information content (AvgIpc) is 2.34. The van der Waals surface area contributed by atoms with Crippen molar-refractivity contribution in [3.63, 3.8) is 0 Å². The van der Waals surface area contributed by atoms with Crippen molar-refractivity contribution in [2.45, 2.75) is 31.6 Å². The third-order valence-electron chi connectivity index (χ3n) is 2.35. The van der Waals surface area contributed by atoms with Crippen LogP contribution in [0, 0.1) is 0 Å². The second kappa shape index (κ2) is 3.35. The first-order valence-electron chi connectivity index (χ1n) is 4.28. The van der Waals surface area contributed by atoms with Crippen LogP contribution in [-0.2, 0) is 11.2 Å². The second-order valence-electron chi connectivity index (χ2n) is 3.16. The maximum absolute atomic E-state index is 10.2. The Morgan fingerprint density at radius 1 is 1.67 bits per heavy atom. The van der Waals surface area contributed by atoms with Crippen LogP contribution in [-0.4, -0.2) is 11.3 Å². The molecule has 0 N–H and O–H groups in total. The molecule has 0 amide bonds. The maximum atomic E-state index is 10.2. The summed E-state index contributed by atoms with van der Waals surface area (Å²) in [6, 6.07) is 0. The van der Waals surface area contributed by atoms with Crippen molar-refractivity contribution in [3.8, 4) is 0 Å². The van der Waals surface area contributed by atoms with Gasteiger partial charge >= 0.3 is 0 Å². The van der Waals surface area contributed by atoms with Gasteiger partial charge in [-0.2, -0.15) is 0 Å². The van der Waals surface area contributed by atoms with E-state index in [2.05, 4.69) is 10.4 Å². The topological polar surface area (TPSA) is 30.0 Å². The number of carbonyl (C=O) groups excluding carboxylic acids is 1. The SMILES string of the molecule is O=CCc1nc(C2CCC2)cs1. The summed E-state index contributed by atoms with van der Waals surface area (Å²) < 4.78 is 0. The summed E-state index contributed by atoms with van der Waals surface area (Å²) in [5.41, 5.74) is 1.21. The van der Waals surface area contributed by atoms with Crippen LogP contribution in [0.1, 0.15) is 35.9 Å². The van der Waals surface area contributed by atoms with Crippen LogP contribution in [0.3, 0.4) is 0 Å². The van der Waals surface area contributed by atoms with Crippen LogP contribution < -0.4 is 0 Å². The predicted molar refractivity (Wildman–Crippen MR) is 48.5 cm³/mol. The number of hydrogen-bond acceptors (Lipinski definition) is 3. The van der Waals surface area contributed by atoms with Crippen LogP contribution >= 0.6 is 11.3 Å². The zero-order chi connectivity index (χ0) is 8.39. The van der Waals surface area contributed by atoms with Gasteiger partial charge in [-0.1, -0.05) is 6.42 Å². The molecule has 0 bridgehead atoms. The van der Waals surface area contributed by atoms with Crippen molar-refractivity contribution < 1.29 is 4.79 Å². The molecular weight excluding hydrogens is 170 g/mol. The Bertz CT molecular complexity index is 278. The maximum Gasteiger partial charge on any atom is 0.126 e. The normalized spacial score (nSPS) is 17.3. The molecule has 0 aromatic carbocycles. The lowest BCUT2D eigenvalue weighted by Crippen LogP contribution is -2.08. The molecular formula is C9H11NOS. The molecule has 2 rings (SSSR count). The van der Waals surface area contributed by atoms with Crippen LogP contribution in [0.15, 0.2) is 5.38 Å². The Labute approximate surface area is 75.6 Å². The molecule has 1 heterocycles. The molecule has 0 saturated heterocycles. The van der Waals surface area contributed by atoms with Crippen molar-refractivity contribution in [1.82, 2.24) is 4.98 Å². The van der Waals surface area contributed by atoms with Gasteiger partial charge in [-0.25, -0.2) is 4.98 Å². The zero-order valence-electron chi connectivity index (χ0n) is 6.82. The van der Waals surface area contributed by atoms with E-state index >= 15 is 0 Å². The van der Waals surface area contributed by atoms with Gasteiger partial charge in [0, 0.05) is 11.3 Å². The van der Waals surface area contributed by atoms with Gasteiger partial charge in [0.25, 0.3) is 0 Å². The van der Waals surface area contributed by atoms with Crippen LogP contribution in [0.2, 0.25) is 0 Å². The van der Waals surface area contributed by atoms with E-state index in [1.54, 1.807) is 11.3 Å². The monoisotopic (exact) mass is 181 g/mol. The quantitative estimate of drug-likeness (QED) is 0.669. The van der Waals surface area contributed by atoms with Gasteiger partial charge in [-0.15, -0.1) is 11.3 Å². The van der Waals surface area contributed by atoms with E-state index in [0.29, 0.717) is 12.3 Å². The first-order chi connectivity index (χ1) is 5.90. The van der Waals surface area contributed by atoms with Gasteiger partial charge in [-0.3, -0.25) is 0 Å². The number of nitrogens with zero attached hydrogens (tertiary/aromatic N) is 1. The molecule has 3 heteroatoms. The van der Waals surface area contributed by atoms with E-state index in [4.69, 9.17) is 0 Å². The standard InChI is InChI=1S/C9H11NOS/c11-5-4-9-10-8(6-12-9)7-2-1-3-7/h5-7H,1-4H2. The largest absolute Gasteiger partial charge is 0.303 e. The number of aromatic nitrogens is 1. The molecule has 0 aliphatic heterocycles. The summed E-state index contributed by atoms with van der Waals surface area (Å²) in [6.45, 7) is 0. The van der Waals surface area contributed by atoms with Crippen LogP contribution in [0.5, 0.6) is 0 Å². The molecule has 0 atom stereocenters. The highest BCUT2D eigenvalue weighted by Gasteiger charge is 2.21. The molecule has 12 heavy (non-hydrogen) atoms. The molecule has 1 aliphatic carbocycles. The zero-order valence-corrected chi connectivity index (χ0v) is 7.64. The van der Waals surface area contributed by atoms with E-state index in [9.17, 15) is 4.79 Å². The van der Waals surface area contributed by atoms with E-state index in [1.807, 2.05) is 0 Å². The lowest BCUT2D eigenvalue weighted by Gasteiger charge is -2.22. The minimum absolute atomic E-state index is 0.484. The van der Waals surface area contributed by atoms with Crippen molar-refractivity contribution >= 4 is 17.6 Å². The van der Waals surface area contributed by atoms with Gasteiger partial charge in [0.15, 0.2) is 0 Å². The summed E-state index contributed by atoms with van der Waals surface area (Å²) in [6.07, 6.45) is 5.31. The fourth-order valence-electron chi connectivity index (χ4n) is 1.38. The van der Waals surface area contributed by atoms with Crippen molar-refractivity contribution in [2.75, 3.05) is 0 Å². The molecule has 1 aromatic rings. The first kappa shape index (κ1) is 7.92. The van der Waals surface area contributed by atoms with Gasteiger partial charge in [0.2, 0.25) is 0 Å². The Kier molecular flexibility index (Phi) is 2.21. The van der Waals surface area contributed by atoms with E-state index in [1.165, 1.54) is 25.0 Å². The molecule has 2 nitrogen and oxygen atoms in total. The first-order valence-corrected chi connectivity index (χ1v) is 5.16. The van der Waals surface area contributed by atoms with Crippen molar-refractivity contribution in [3.05, 3.63) is 16.1 Å². The Morgan fingerprint density at radius 3 is 3.08 bits per heavy atom.